The van der Waals surface area contributed by atoms with Crippen LogP contribution < -0.4 is 5.32 Å². The van der Waals surface area contributed by atoms with Crippen molar-refractivity contribution in [2.45, 2.75) is 39.2 Å². The Balaban J connectivity index is 3.99. The molecule has 1 atom stereocenters. The molecule has 4 heteroatoms. The first-order chi connectivity index (χ1) is 6.97. The van der Waals surface area contributed by atoms with Gasteiger partial charge in [0.25, 0.3) is 0 Å². The summed E-state index contributed by atoms with van der Waals surface area (Å²) in [5.74, 6) is -0.788. The summed E-state index contributed by atoms with van der Waals surface area (Å²) in [5.41, 5.74) is 0. The maximum Gasteiger partial charge on any atom is 0.326 e. The molecule has 0 bridgehead atoms. The standard InChI is InChI=1S/C11H19NO3/c1-4-5-9(11(14)15)12-10(13)7-6-8(2)3/h4,8-9H,1,5-7H2,2-3H3,(H,12,13)(H,14,15). The minimum absolute atomic E-state index is 0.210. The minimum Gasteiger partial charge on any atom is -0.480 e. The van der Waals surface area contributed by atoms with E-state index in [-0.39, 0.29) is 12.3 Å². The molecule has 0 aliphatic rings. The Kier molecular flexibility index (Phi) is 6.42. The van der Waals surface area contributed by atoms with Crippen LogP contribution in [-0.4, -0.2) is 23.0 Å². The smallest absolute Gasteiger partial charge is 0.326 e. The summed E-state index contributed by atoms with van der Waals surface area (Å²) in [5, 5.41) is 11.2. The van der Waals surface area contributed by atoms with Gasteiger partial charge in [-0.25, -0.2) is 4.79 Å². The molecule has 15 heavy (non-hydrogen) atoms. The molecule has 1 unspecified atom stereocenters. The Labute approximate surface area is 90.4 Å². The number of hydrogen-bond donors (Lipinski definition) is 2. The van der Waals surface area contributed by atoms with E-state index in [1.807, 2.05) is 13.8 Å². The number of nitrogens with one attached hydrogen (secondary N) is 1. The largest absolute Gasteiger partial charge is 0.480 e. The molecule has 0 aliphatic heterocycles. The lowest BCUT2D eigenvalue weighted by molar-refractivity contribution is -0.141. The predicted molar refractivity (Wildman–Crippen MR) is 58.5 cm³/mol. The van der Waals surface area contributed by atoms with E-state index in [0.29, 0.717) is 12.3 Å². The third kappa shape index (κ3) is 6.71. The molecule has 0 aromatic heterocycles. The summed E-state index contributed by atoms with van der Waals surface area (Å²) in [6.45, 7) is 7.49. The number of carboxylic acids is 1. The van der Waals surface area contributed by atoms with Gasteiger partial charge in [-0.1, -0.05) is 19.9 Å². The number of hydrogen-bond acceptors (Lipinski definition) is 2. The highest BCUT2D eigenvalue weighted by atomic mass is 16.4. The fraction of sp³-hybridized carbons (Fsp3) is 0.636. The zero-order valence-electron chi connectivity index (χ0n) is 9.32. The van der Waals surface area contributed by atoms with Crippen LogP contribution >= 0.6 is 0 Å². The number of carbonyl (C=O) groups is 2. The topological polar surface area (TPSA) is 66.4 Å². The van der Waals surface area contributed by atoms with Crippen LogP contribution in [0.4, 0.5) is 0 Å². The molecule has 0 fully saturated rings. The molecular formula is C11H19NO3. The van der Waals surface area contributed by atoms with Crippen LogP contribution in [0.3, 0.4) is 0 Å². The summed E-state index contributed by atoms with van der Waals surface area (Å²) >= 11 is 0. The molecule has 0 aromatic rings. The maximum atomic E-state index is 11.3. The molecule has 0 radical (unpaired) electrons. The van der Waals surface area contributed by atoms with Crippen LogP contribution in [-0.2, 0) is 9.59 Å². The van der Waals surface area contributed by atoms with Crippen molar-refractivity contribution in [3.8, 4) is 0 Å². The van der Waals surface area contributed by atoms with Crippen molar-refractivity contribution < 1.29 is 14.7 Å². The van der Waals surface area contributed by atoms with E-state index in [1.54, 1.807) is 0 Å². The quantitative estimate of drug-likeness (QED) is 0.631. The fourth-order valence-corrected chi connectivity index (χ4v) is 1.07. The summed E-state index contributed by atoms with van der Waals surface area (Å²) in [4.78, 5) is 22.0. The summed E-state index contributed by atoms with van der Waals surface area (Å²) in [6, 6.07) is -0.845. The lowest BCUT2D eigenvalue weighted by Gasteiger charge is -2.12. The summed E-state index contributed by atoms with van der Waals surface area (Å²) < 4.78 is 0. The Morgan fingerprint density at radius 1 is 1.47 bits per heavy atom. The molecule has 0 saturated heterocycles. The third-order valence-corrected chi connectivity index (χ3v) is 1.98. The lowest BCUT2D eigenvalue weighted by Crippen LogP contribution is -2.40. The highest BCUT2D eigenvalue weighted by molar-refractivity contribution is 5.83. The third-order valence-electron chi connectivity index (χ3n) is 1.98. The Morgan fingerprint density at radius 2 is 2.07 bits per heavy atom. The Bertz CT molecular complexity index is 236. The van der Waals surface area contributed by atoms with Gasteiger partial charge in [-0.05, 0) is 18.8 Å². The maximum absolute atomic E-state index is 11.3. The van der Waals surface area contributed by atoms with Gasteiger partial charge >= 0.3 is 5.97 Å². The normalized spacial score (nSPS) is 12.2. The van der Waals surface area contributed by atoms with Crippen molar-refractivity contribution >= 4 is 11.9 Å². The van der Waals surface area contributed by atoms with E-state index in [2.05, 4.69) is 11.9 Å². The van der Waals surface area contributed by atoms with Crippen LogP contribution in [0.15, 0.2) is 12.7 Å². The average molecular weight is 213 g/mol. The average Bonchev–Trinajstić information content (AvgIpc) is 2.14. The van der Waals surface area contributed by atoms with Crippen LogP contribution in [0.25, 0.3) is 0 Å². The number of amides is 1. The van der Waals surface area contributed by atoms with E-state index in [9.17, 15) is 9.59 Å². The molecule has 86 valence electrons. The second kappa shape index (κ2) is 7.04. The molecule has 0 rings (SSSR count). The molecule has 2 N–H and O–H groups in total. The number of rotatable bonds is 7. The van der Waals surface area contributed by atoms with Crippen LogP contribution in [0.1, 0.15) is 33.1 Å². The lowest BCUT2D eigenvalue weighted by atomic mass is 10.1. The summed E-state index contributed by atoms with van der Waals surface area (Å²) in [6.07, 6.45) is 2.88. The SMILES string of the molecule is C=CCC(NC(=O)CCC(C)C)C(=O)O. The number of carbonyl (C=O) groups excluding carboxylic acids is 1. The van der Waals surface area contributed by atoms with E-state index in [4.69, 9.17) is 5.11 Å². The molecule has 0 saturated carbocycles. The van der Waals surface area contributed by atoms with Gasteiger partial charge in [0.1, 0.15) is 6.04 Å². The van der Waals surface area contributed by atoms with Crippen molar-refractivity contribution in [3.05, 3.63) is 12.7 Å². The van der Waals surface area contributed by atoms with Gasteiger partial charge in [0.15, 0.2) is 0 Å². The first-order valence-corrected chi connectivity index (χ1v) is 5.10. The van der Waals surface area contributed by atoms with Gasteiger partial charge in [-0.15, -0.1) is 6.58 Å². The molecule has 1 amide bonds. The molecule has 0 heterocycles. The van der Waals surface area contributed by atoms with Crippen molar-refractivity contribution in [1.29, 1.82) is 0 Å². The fourth-order valence-electron chi connectivity index (χ4n) is 1.07. The van der Waals surface area contributed by atoms with Gasteiger partial charge in [0, 0.05) is 6.42 Å². The van der Waals surface area contributed by atoms with Crippen molar-refractivity contribution in [3.63, 3.8) is 0 Å². The highest BCUT2D eigenvalue weighted by Gasteiger charge is 2.17. The molecule has 0 aromatic carbocycles. The summed E-state index contributed by atoms with van der Waals surface area (Å²) in [7, 11) is 0. The molecule has 4 nitrogen and oxygen atoms in total. The van der Waals surface area contributed by atoms with Crippen LogP contribution in [0.2, 0.25) is 0 Å². The van der Waals surface area contributed by atoms with Crippen molar-refractivity contribution in [1.82, 2.24) is 5.32 Å². The number of carboxylic acid groups (broad SMARTS) is 1. The first kappa shape index (κ1) is 13.7. The zero-order chi connectivity index (χ0) is 11.8. The van der Waals surface area contributed by atoms with E-state index in [0.717, 1.165) is 6.42 Å². The van der Waals surface area contributed by atoms with E-state index >= 15 is 0 Å². The van der Waals surface area contributed by atoms with E-state index in [1.165, 1.54) is 6.08 Å². The van der Waals surface area contributed by atoms with Crippen LogP contribution in [0.5, 0.6) is 0 Å². The molecular weight excluding hydrogens is 194 g/mol. The highest BCUT2D eigenvalue weighted by Crippen LogP contribution is 2.03. The zero-order valence-corrected chi connectivity index (χ0v) is 9.32. The predicted octanol–water partition coefficient (Wildman–Crippen LogP) is 1.57. The van der Waals surface area contributed by atoms with Gasteiger partial charge in [0.05, 0.1) is 0 Å². The van der Waals surface area contributed by atoms with Gasteiger partial charge in [0.2, 0.25) is 5.91 Å². The monoisotopic (exact) mass is 213 g/mol. The van der Waals surface area contributed by atoms with Crippen LogP contribution in [0, 0.1) is 5.92 Å². The van der Waals surface area contributed by atoms with Gasteiger partial charge in [-0.3, -0.25) is 4.79 Å². The van der Waals surface area contributed by atoms with Crippen molar-refractivity contribution in [2.24, 2.45) is 5.92 Å². The van der Waals surface area contributed by atoms with E-state index < -0.39 is 12.0 Å². The van der Waals surface area contributed by atoms with Gasteiger partial charge < -0.3 is 10.4 Å². The Hall–Kier alpha value is -1.32. The number of aliphatic carboxylic acids is 1. The first-order valence-electron chi connectivity index (χ1n) is 5.10. The van der Waals surface area contributed by atoms with Gasteiger partial charge in [-0.2, -0.15) is 0 Å². The second-order valence-electron chi connectivity index (χ2n) is 3.92. The van der Waals surface area contributed by atoms with Crippen molar-refractivity contribution in [2.75, 3.05) is 0 Å². The molecule has 0 spiro atoms. The second-order valence-corrected chi connectivity index (χ2v) is 3.92. The molecule has 0 aliphatic carbocycles. The minimum atomic E-state index is -1.02. The Morgan fingerprint density at radius 3 is 2.47 bits per heavy atom.